The number of dihydropyridines is 1. The maximum atomic E-state index is 12.4. The van der Waals surface area contributed by atoms with E-state index in [0.717, 1.165) is 18.1 Å². The number of ether oxygens (including phenoxy) is 3. The van der Waals surface area contributed by atoms with Gasteiger partial charge in [-0.15, -0.1) is 20.4 Å². The minimum absolute atomic E-state index is 0. The fourth-order valence-corrected chi connectivity index (χ4v) is 12.2. The quantitative estimate of drug-likeness (QED) is 0.0736. The number of hydrogen-bond donors (Lipinski definition) is 0. The fraction of sp³-hybridized carbons (Fsp3) is 0.420. The molecule has 7 heterocycles. The third-order valence-electron chi connectivity index (χ3n) is 15.6. The van der Waals surface area contributed by atoms with Gasteiger partial charge in [0.05, 0.1) is 60.6 Å². The van der Waals surface area contributed by atoms with E-state index in [0.29, 0.717) is 42.5 Å². The molecule has 0 radical (unpaired) electrons. The van der Waals surface area contributed by atoms with Gasteiger partial charge >= 0.3 is 36.7 Å². The molecule has 2 aromatic heterocycles. The van der Waals surface area contributed by atoms with Crippen molar-refractivity contribution < 1.29 is 96.5 Å². The number of aliphatic carboxylic acids is 1. The summed E-state index contributed by atoms with van der Waals surface area (Å²) in [6.07, 6.45) is 0.973. The van der Waals surface area contributed by atoms with Crippen LogP contribution in [0.3, 0.4) is 0 Å². The summed E-state index contributed by atoms with van der Waals surface area (Å²) in [5.74, 6) is -1.53. The average Bonchev–Trinajstić information content (AvgIpc) is 1.63. The van der Waals surface area contributed by atoms with Crippen molar-refractivity contribution in [3.63, 3.8) is 0 Å². The summed E-state index contributed by atoms with van der Waals surface area (Å²) in [5, 5.41) is 42.6. The number of carbonyl (C=O) groups excluding carboxylic acids is 8. The van der Waals surface area contributed by atoms with Crippen molar-refractivity contribution in [3.05, 3.63) is 123 Å². The maximum absolute atomic E-state index is 12.4. The molecule has 5 aliphatic rings. The molecule has 0 unspecified atom stereocenters. The van der Waals surface area contributed by atoms with Crippen LogP contribution in [-0.2, 0) is 47.7 Å². The van der Waals surface area contributed by atoms with Crippen LogP contribution in [0.4, 0.5) is 0 Å². The minimum Gasteiger partial charge on any atom is -0.550 e. The first kappa shape index (κ1) is 89.6. The molecule has 0 spiro atoms. The predicted molar refractivity (Wildman–Crippen MR) is 403 cm³/mol. The van der Waals surface area contributed by atoms with Gasteiger partial charge in [0, 0.05) is 59.0 Å². The van der Waals surface area contributed by atoms with E-state index in [1.165, 1.54) is 39.3 Å². The van der Waals surface area contributed by atoms with E-state index in [9.17, 15) is 33.6 Å². The average molecular weight is 1680 g/mol. The molecule has 1 saturated heterocycles. The molecule has 25 nitrogen and oxygen atoms in total. The summed E-state index contributed by atoms with van der Waals surface area (Å²) in [4.78, 5) is 95.9. The maximum Gasteiger partial charge on any atom is 1.00 e. The Hall–Kier alpha value is -6.02. The number of ketones is 4. The van der Waals surface area contributed by atoms with Crippen molar-refractivity contribution in [2.24, 2.45) is 26.2 Å². The first-order valence-electron chi connectivity index (χ1n) is 32.2. The largest absolute Gasteiger partial charge is 1.00 e. The van der Waals surface area contributed by atoms with Crippen LogP contribution in [-0.4, -0.2) is 147 Å². The summed E-state index contributed by atoms with van der Waals surface area (Å²) in [6, 6.07) is 12.5. The Morgan fingerprint density at radius 1 is 0.505 bits per heavy atom. The molecule has 0 bridgehead atoms. The van der Waals surface area contributed by atoms with E-state index in [1.54, 1.807) is 44.2 Å². The van der Waals surface area contributed by atoms with Crippen LogP contribution in [0.25, 0.3) is 0 Å². The molecule has 3 amide bonds. The molecule has 0 saturated carbocycles. The molecule has 0 aliphatic carbocycles. The molecule has 5 aliphatic heterocycles. The van der Waals surface area contributed by atoms with Gasteiger partial charge in [-0.05, 0) is 163 Å². The number of nitrogens with zero attached hydrogens (tertiary/aromatic N) is 11. The van der Waals surface area contributed by atoms with Gasteiger partial charge in [-0.2, -0.15) is 15.3 Å². The molecule has 0 atom stereocenters. The standard InChI is InChI=1S/C21H21Cl2N3O4.C20H19Cl3N4O3.C19H22BCl3N2O3.C7H9BrN2O2.C2H4O2.Na/c1-10(2)13-7-18(24-9-17(13)28)30-21-14(22)5-12(6-15(21)23)20-16(27)8-19(29)26(25-20)11(3)4;1-9(2)12-7-16(24-25-20(12)23)30-19-13(21)5-11(6-14(19)22)18-15(28)8-17(29)27(26-18)10(3)4;1-10(2)12-9-15(24-25-17(12)23)26-16-13(21)7-11(8-14(16)22)20-27-18(3,4)19(5,6)28-20;1-4(2)10-6(12)3-5(11)7(8)9-10;1-2(3)4;/h5-7,10-11H,8-9H2,1-4H3;5-7,9-10H,8H2,1-4H3;7-10H,1-6H3;4H,3H2,1-2H3;1H3,(H,3,4);/q;;;;;+1/p-1. The first-order chi connectivity index (χ1) is 48.3. The molecular weight excluding hydrogens is 1600 g/mol. The van der Waals surface area contributed by atoms with Crippen molar-refractivity contribution in [1.29, 1.82) is 0 Å². The first-order valence-corrected chi connectivity index (χ1v) is 36.0. The number of amides is 3. The number of benzene rings is 3. The van der Waals surface area contributed by atoms with Crippen molar-refractivity contribution in [1.82, 2.24) is 35.4 Å². The van der Waals surface area contributed by atoms with Gasteiger partial charge in [-0.25, -0.2) is 20.0 Å². The predicted octanol–water partition coefficient (Wildman–Crippen LogP) is 11.4. The molecule has 105 heavy (non-hydrogen) atoms. The summed E-state index contributed by atoms with van der Waals surface area (Å²) < 4.78 is 29.7. The number of aliphatic imine (C=N–C) groups is 1. The van der Waals surface area contributed by atoms with Crippen LogP contribution in [0.1, 0.15) is 171 Å². The zero-order chi connectivity index (χ0) is 78.1. The normalized spacial score (nSPS) is 16.3. The smallest absolute Gasteiger partial charge is 0.550 e. The number of hydrazone groups is 3. The monoisotopic (exact) mass is 1670 g/mol. The summed E-state index contributed by atoms with van der Waals surface area (Å²) in [6.45, 7) is 31.6. The second-order valence-electron chi connectivity index (χ2n) is 26.3. The summed E-state index contributed by atoms with van der Waals surface area (Å²) in [5.41, 5.74) is 3.02. The number of carboxylic acid groups (broad SMARTS) is 1. The van der Waals surface area contributed by atoms with Crippen LogP contribution in [0.15, 0.2) is 80.5 Å². The van der Waals surface area contributed by atoms with Crippen LogP contribution < -0.4 is 54.3 Å². The number of rotatable bonds is 14. The van der Waals surface area contributed by atoms with Crippen molar-refractivity contribution >= 4 is 190 Å². The molecule has 1 fully saturated rings. The summed E-state index contributed by atoms with van der Waals surface area (Å²) in [7, 11) is -0.572. The Morgan fingerprint density at radius 2 is 0.838 bits per heavy atom. The zero-order valence-corrected chi connectivity index (χ0v) is 70.2. The van der Waals surface area contributed by atoms with Crippen LogP contribution in [0.5, 0.6) is 29.0 Å². The Balaban J connectivity index is 0.000000255. The third-order valence-corrected chi connectivity index (χ3v) is 18.5. The topological polar surface area (TPSA) is 316 Å². The molecule has 0 N–H and O–H groups in total. The van der Waals surface area contributed by atoms with Crippen LogP contribution in [0, 0.1) is 5.92 Å². The van der Waals surface area contributed by atoms with Gasteiger partial charge in [0.15, 0.2) is 55.3 Å². The number of halogens is 9. The van der Waals surface area contributed by atoms with Crippen molar-refractivity contribution in [3.8, 4) is 29.0 Å². The number of hydrogen-bond acceptors (Lipinski definition) is 22. The van der Waals surface area contributed by atoms with E-state index in [4.69, 9.17) is 126 Å². The molecule has 36 heteroatoms. The fourth-order valence-electron chi connectivity index (χ4n) is 9.59. The SMILES string of the molecule is CC(=O)[O-].CC(C)C1=CC(Oc2c(Cl)cc(C3=NN(C(C)C)C(=O)CC3=O)cc2Cl)=NCC1=O.CC(C)N1N=C(Br)C(=O)CC1=O.CC(C)c1cc(Oc2c(Cl)cc(B3OC(C)(C)C(C)(C)O3)cc2Cl)nnc1Cl.CC(C)c1cc(Oc2c(Cl)cc(C3=NN(C(C)C)C(=O)CC3=O)cc2Cl)nnc1Cl.[Na+]. The molecular formula is C69H74BBrCl8N11NaO14. The van der Waals surface area contributed by atoms with E-state index in [2.05, 4.69) is 56.6 Å². The summed E-state index contributed by atoms with van der Waals surface area (Å²) >= 11 is 53.6. The number of carbonyl (C=O) groups is 8. The van der Waals surface area contributed by atoms with Gasteiger partial charge < -0.3 is 33.4 Å². The van der Waals surface area contributed by atoms with Gasteiger partial charge in [-0.3, -0.25) is 33.6 Å². The van der Waals surface area contributed by atoms with Gasteiger partial charge in [0.1, 0.15) is 18.0 Å². The van der Waals surface area contributed by atoms with E-state index >= 15 is 0 Å². The van der Waals surface area contributed by atoms with E-state index < -0.39 is 35.9 Å². The Bertz CT molecular complexity index is 4300. The Labute approximate surface area is 678 Å². The van der Waals surface area contributed by atoms with Crippen LogP contribution >= 0.6 is 109 Å². The Morgan fingerprint density at radius 3 is 1.18 bits per heavy atom. The minimum atomic E-state index is -1.08. The van der Waals surface area contributed by atoms with Gasteiger partial charge in [0.25, 0.3) is 17.7 Å². The number of Topliss-reactive ketones (excluding diaryl/α,β-unsaturated/α-hetero) is 4. The van der Waals surface area contributed by atoms with Gasteiger partial charge in [-0.1, -0.05) is 134 Å². The second-order valence-corrected chi connectivity index (χ2v) is 30.2. The van der Waals surface area contributed by atoms with E-state index in [1.807, 2.05) is 96.9 Å². The van der Waals surface area contributed by atoms with Gasteiger partial charge in [0.2, 0.25) is 17.7 Å². The Kier molecular flexibility index (Phi) is 32.7. The van der Waals surface area contributed by atoms with Crippen LogP contribution in [0.2, 0.25) is 40.4 Å². The number of carboxylic acids is 1. The van der Waals surface area contributed by atoms with E-state index in [-0.39, 0.29) is 192 Å². The molecule has 5 aromatic rings. The van der Waals surface area contributed by atoms with Crippen molar-refractivity contribution in [2.45, 2.75) is 178 Å². The number of aromatic nitrogens is 4. The molecule has 10 rings (SSSR count). The van der Waals surface area contributed by atoms with Crippen molar-refractivity contribution in [2.75, 3.05) is 6.54 Å². The second kappa shape index (κ2) is 38.4. The molecule has 3 aromatic carbocycles. The molecule has 556 valence electrons. The zero-order valence-electron chi connectivity index (χ0n) is 60.6. The third kappa shape index (κ3) is 23.5.